The van der Waals surface area contributed by atoms with Gasteiger partial charge in [-0.15, -0.1) is 0 Å². The summed E-state index contributed by atoms with van der Waals surface area (Å²) in [4.78, 5) is 25.4. The van der Waals surface area contributed by atoms with Crippen molar-refractivity contribution in [3.63, 3.8) is 0 Å². The number of carbonyl (C=O) groups excluding carboxylic acids is 1. The number of carbonyl (C=O) groups is 1. The van der Waals surface area contributed by atoms with Crippen LogP contribution in [0.25, 0.3) is 0 Å². The predicted octanol–water partition coefficient (Wildman–Crippen LogP) is 13.0. The number of quaternary nitrogens is 1. The fraction of sp³-hybridized carbons (Fsp3) is 0.816. The SMILES string of the molecule is CC/C=C\C/C=C\C/C=C\C/C=C\CCCCCCCCC(=O)NC(COP(=O)([O-])OCC[N+](C)(C)C)C(O)CCCCCCCCCCCCCCCCCCC. The number of phosphoric ester groups is 1. The van der Waals surface area contributed by atoms with Crippen LogP contribution in [0.2, 0.25) is 0 Å². The summed E-state index contributed by atoms with van der Waals surface area (Å²) in [5.74, 6) is -0.180. The fourth-order valence-corrected chi connectivity index (χ4v) is 7.52. The van der Waals surface area contributed by atoms with Crippen LogP contribution in [0.1, 0.15) is 206 Å². The summed E-state index contributed by atoms with van der Waals surface area (Å²) in [5, 5.41) is 13.9. The van der Waals surface area contributed by atoms with E-state index >= 15 is 0 Å². The van der Waals surface area contributed by atoms with Gasteiger partial charge in [0.05, 0.1) is 39.9 Å². The predicted molar refractivity (Wildman–Crippen MR) is 247 cm³/mol. The van der Waals surface area contributed by atoms with Gasteiger partial charge in [0.25, 0.3) is 7.82 Å². The van der Waals surface area contributed by atoms with E-state index in [2.05, 4.69) is 67.8 Å². The summed E-state index contributed by atoms with van der Waals surface area (Å²) in [6, 6.07) is -0.809. The van der Waals surface area contributed by atoms with Gasteiger partial charge in [-0.3, -0.25) is 9.36 Å². The van der Waals surface area contributed by atoms with Gasteiger partial charge in [0, 0.05) is 6.42 Å². The summed E-state index contributed by atoms with van der Waals surface area (Å²) in [5.41, 5.74) is 0. The number of amides is 1. The molecule has 0 aromatic carbocycles. The molecule has 0 aliphatic heterocycles. The van der Waals surface area contributed by atoms with Gasteiger partial charge in [-0.05, 0) is 51.4 Å². The Morgan fingerprint density at radius 1 is 0.621 bits per heavy atom. The summed E-state index contributed by atoms with van der Waals surface area (Å²) in [7, 11) is 1.29. The first-order chi connectivity index (χ1) is 28.0. The molecule has 8 nitrogen and oxygen atoms in total. The zero-order chi connectivity index (χ0) is 42.8. The highest BCUT2D eigenvalue weighted by Crippen LogP contribution is 2.38. The molecular weight excluding hydrogens is 744 g/mol. The standard InChI is InChI=1S/C49H93N2O6P/c1-6-8-10-12-14-16-18-20-22-24-25-27-29-31-33-35-37-39-41-43-49(53)50-47(46-57-58(54,55)56-45-44-51(3,4)5)48(52)42-40-38-36-34-32-30-28-26-23-21-19-17-15-13-11-9-7-2/h8,10,14,16,20,22,25,27,47-48,52H,6-7,9,11-13,15,17-19,21,23-24,26,28-46H2,1-5H3,(H-,50,53,54,55)/b10-8-,16-14-,22-20-,27-25-. The lowest BCUT2D eigenvalue weighted by Crippen LogP contribution is -2.46. The number of rotatable bonds is 43. The Hall–Kier alpha value is -1.54. The Bertz CT molecular complexity index is 1090. The molecule has 0 bridgehead atoms. The third-order valence-corrected chi connectivity index (χ3v) is 11.5. The lowest BCUT2D eigenvalue weighted by molar-refractivity contribution is -0.870. The first-order valence-corrected chi connectivity index (χ1v) is 25.4. The number of likely N-dealkylation sites (N-methyl/N-ethyl adjacent to an activating group) is 1. The van der Waals surface area contributed by atoms with Crippen molar-refractivity contribution in [2.45, 2.75) is 219 Å². The zero-order valence-electron chi connectivity index (χ0n) is 38.5. The average Bonchev–Trinajstić information content (AvgIpc) is 3.17. The minimum Gasteiger partial charge on any atom is -0.756 e. The van der Waals surface area contributed by atoms with E-state index in [1.54, 1.807) is 0 Å². The molecule has 3 atom stereocenters. The highest BCUT2D eigenvalue weighted by Gasteiger charge is 2.24. The molecule has 0 aliphatic carbocycles. The monoisotopic (exact) mass is 837 g/mol. The fourth-order valence-electron chi connectivity index (χ4n) is 6.80. The van der Waals surface area contributed by atoms with Crippen LogP contribution >= 0.6 is 7.82 Å². The Balaban J connectivity index is 4.35. The number of allylic oxidation sites excluding steroid dienone is 8. The topological polar surface area (TPSA) is 108 Å². The highest BCUT2D eigenvalue weighted by molar-refractivity contribution is 7.45. The molecule has 2 N–H and O–H groups in total. The molecule has 340 valence electrons. The molecule has 0 spiro atoms. The van der Waals surface area contributed by atoms with Crippen molar-refractivity contribution < 1.29 is 32.9 Å². The molecule has 58 heavy (non-hydrogen) atoms. The van der Waals surface area contributed by atoms with E-state index in [1.165, 1.54) is 103 Å². The van der Waals surface area contributed by atoms with E-state index in [-0.39, 0.29) is 19.1 Å². The van der Waals surface area contributed by atoms with E-state index in [0.717, 1.165) is 77.0 Å². The molecule has 0 saturated heterocycles. The summed E-state index contributed by atoms with van der Waals surface area (Å²) >= 11 is 0. The van der Waals surface area contributed by atoms with Gasteiger partial charge in [-0.1, -0.05) is 197 Å². The van der Waals surface area contributed by atoms with Crippen LogP contribution in [0.3, 0.4) is 0 Å². The maximum atomic E-state index is 12.9. The molecule has 0 radical (unpaired) electrons. The molecule has 0 aliphatic rings. The van der Waals surface area contributed by atoms with Gasteiger partial charge in [0.1, 0.15) is 13.2 Å². The van der Waals surface area contributed by atoms with Gasteiger partial charge < -0.3 is 28.8 Å². The van der Waals surface area contributed by atoms with Gasteiger partial charge in [0.15, 0.2) is 0 Å². The van der Waals surface area contributed by atoms with Gasteiger partial charge in [0.2, 0.25) is 5.91 Å². The average molecular weight is 837 g/mol. The number of nitrogens with zero attached hydrogens (tertiary/aromatic N) is 1. The van der Waals surface area contributed by atoms with Crippen LogP contribution in [-0.4, -0.2) is 68.5 Å². The minimum atomic E-state index is -4.57. The second-order valence-electron chi connectivity index (χ2n) is 17.4. The summed E-state index contributed by atoms with van der Waals surface area (Å²) in [6.45, 7) is 4.60. The molecule has 0 aromatic heterocycles. The Morgan fingerprint density at radius 3 is 1.53 bits per heavy atom. The zero-order valence-corrected chi connectivity index (χ0v) is 39.4. The maximum absolute atomic E-state index is 12.9. The summed E-state index contributed by atoms with van der Waals surface area (Å²) < 4.78 is 23.3. The third kappa shape index (κ3) is 42.6. The maximum Gasteiger partial charge on any atom is 0.268 e. The smallest absolute Gasteiger partial charge is 0.268 e. The van der Waals surface area contributed by atoms with E-state index in [9.17, 15) is 19.4 Å². The van der Waals surface area contributed by atoms with Gasteiger partial charge in [-0.2, -0.15) is 0 Å². The van der Waals surface area contributed by atoms with Crippen molar-refractivity contribution in [1.29, 1.82) is 0 Å². The second kappa shape index (κ2) is 40.8. The Kier molecular flexibility index (Phi) is 39.8. The molecule has 3 unspecified atom stereocenters. The molecular formula is C49H93N2O6P. The van der Waals surface area contributed by atoms with Crippen molar-refractivity contribution >= 4 is 13.7 Å². The number of nitrogens with one attached hydrogen (secondary N) is 1. The van der Waals surface area contributed by atoms with Crippen molar-refractivity contribution in [2.75, 3.05) is 40.9 Å². The first kappa shape index (κ1) is 56.5. The Labute approximate surface area is 359 Å². The number of hydrogen-bond donors (Lipinski definition) is 2. The number of aliphatic hydroxyl groups excluding tert-OH is 1. The largest absolute Gasteiger partial charge is 0.756 e. The molecule has 0 saturated carbocycles. The van der Waals surface area contributed by atoms with Crippen molar-refractivity contribution in [2.24, 2.45) is 0 Å². The number of unbranched alkanes of at least 4 members (excludes halogenated alkanes) is 22. The van der Waals surface area contributed by atoms with Crippen LogP contribution < -0.4 is 10.2 Å². The number of aliphatic hydroxyl groups is 1. The molecule has 0 rings (SSSR count). The van der Waals surface area contributed by atoms with Crippen molar-refractivity contribution in [3.8, 4) is 0 Å². The van der Waals surface area contributed by atoms with Crippen LogP contribution in [0.5, 0.6) is 0 Å². The van der Waals surface area contributed by atoms with Crippen molar-refractivity contribution in [3.05, 3.63) is 48.6 Å². The second-order valence-corrected chi connectivity index (χ2v) is 18.8. The summed E-state index contributed by atoms with van der Waals surface area (Å²) in [6.07, 6.45) is 51.1. The van der Waals surface area contributed by atoms with E-state index in [1.807, 2.05) is 21.1 Å². The normalized spacial score (nSPS) is 14.7. The van der Waals surface area contributed by atoms with Gasteiger partial charge in [-0.25, -0.2) is 0 Å². The van der Waals surface area contributed by atoms with Gasteiger partial charge >= 0.3 is 0 Å². The Morgan fingerprint density at radius 2 is 1.05 bits per heavy atom. The lowest BCUT2D eigenvalue weighted by atomic mass is 10.0. The first-order valence-electron chi connectivity index (χ1n) is 24.0. The highest BCUT2D eigenvalue weighted by atomic mass is 31.2. The molecule has 1 amide bonds. The van der Waals surface area contributed by atoms with Crippen molar-refractivity contribution in [1.82, 2.24) is 5.32 Å². The van der Waals surface area contributed by atoms with E-state index in [4.69, 9.17) is 9.05 Å². The molecule has 0 heterocycles. The van der Waals surface area contributed by atoms with Crippen LogP contribution in [0.4, 0.5) is 0 Å². The number of phosphoric acid groups is 1. The van der Waals surface area contributed by atoms with Crippen LogP contribution in [-0.2, 0) is 18.4 Å². The molecule has 9 heteroatoms. The van der Waals surface area contributed by atoms with Crippen LogP contribution in [0.15, 0.2) is 48.6 Å². The number of hydrogen-bond acceptors (Lipinski definition) is 6. The van der Waals surface area contributed by atoms with E-state index in [0.29, 0.717) is 23.9 Å². The van der Waals surface area contributed by atoms with E-state index < -0.39 is 20.0 Å². The molecule has 0 fully saturated rings. The molecule has 0 aromatic rings. The quantitative estimate of drug-likeness (QED) is 0.0274. The van der Waals surface area contributed by atoms with Crippen LogP contribution in [0, 0.1) is 0 Å². The lowest BCUT2D eigenvalue weighted by Gasteiger charge is -2.30. The third-order valence-electron chi connectivity index (χ3n) is 10.6. The minimum absolute atomic E-state index is 0.00749.